The van der Waals surface area contributed by atoms with Gasteiger partial charge >= 0.3 is 12.1 Å². The zero-order chi connectivity index (χ0) is 39.0. The Morgan fingerprint density at radius 3 is 2.52 bits per heavy atom. The van der Waals surface area contributed by atoms with Crippen LogP contribution in [0.1, 0.15) is 34.5 Å². The lowest BCUT2D eigenvalue weighted by Crippen LogP contribution is -3.00. The summed E-state index contributed by atoms with van der Waals surface area (Å²) in [6.07, 6.45) is 1.57. The number of benzene rings is 3. The fraction of sp³-hybridized carbons (Fsp3) is 0.278. The number of nitro benzene ring substituents is 1. The van der Waals surface area contributed by atoms with Gasteiger partial charge in [0, 0.05) is 40.1 Å². The molecule has 5 rings (SSSR count). The number of nitriles is 1. The zero-order valence-electron chi connectivity index (χ0n) is 30.1. The first-order valence-electron chi connectivity index (χ1n) is 16.3. The van der Waals surface area contributed by atoms with Crippen molar-refractivity contribution in [3.63, 3.8) is 0 Å². The van der Waals surface area contributed by atoms with E-state index < -0.39 is 51.3 Å². The third-order valence-electron chi connectivity index (χ3n) is 8.54. The molecule has 1 amide bonds. The van der Waals surface area contributed by atoms with Crippen LogP contribution in [0.2, 0.25) is 0 Å². The van der Waals surface area contributed by atoms with Crippen molar-refractivity contribution in [3.05, 3.63) is 109 Å². The molecule has 56 heavy (non-hydrogen) atoms. The predicted octanol–water partition coefficient (Wildman–Crippen LogP) is 2.94. The number of aliphatic imine (C=N–C) groups is 1. The number of nitrogens with zero attached hydrogens (tertiary/aromatic N) is 7. The van der Waals surface area contributed by atoms with Gasteiger partial charge in [-0.05, 0) is 50.5 Å². The summed E-state index contributed by atoms with van der Waals surface area (Å²) in [7, 11) is 3.36. The Hall–Kier alpha value is -5.42. The smallest absolute Gasteiger partial charge is 0.411 e. The van der Waals surface area contributed by atoms with Crippen molar-refractivity contribution < 1.29 is 54.9 Å². The molecule has 2 N–H and O–H groups in total. The number of rotatable bonds is 15. The van der Waals surface area contributed by atoms with Crippen LogP contribution in [0.3, 0.4) is 0 Å². The Balaban J connectivity index is 0.00000420. The number of nitrogens with one attached hydrogen (secondary N) is 1. The molecule has 1 unspecified atom stereocenters. The Morgan fingerprint density at radius 1 is 1.14 bits per heavy atom. The molecule has 0 fully saturated rings. The molecule has 0 saturated heterocycles. The molecular formula is C36H36Cl2F2N8O7S. The fourth-order valence-electron chi connectivity index (χ4n) is 5.66. The lowest BCUT2D eigenvalue weighted by molar-refractivity contribution is -0.848. The maximum atomic E-state index is 15.5. The first-order chi connectivity index (χ1) is 25.7. The van der Waals surface area contributed by atoms with Crippen LogP contribution in [-0.4, -0.2) is 89.6 Å². The number of hydrogen-bond acceptors (Lipinski definition) is 13. The molecular weight excluding hydrogens is 797 g/mol. The van der Waals surface area contributed by atoms with Crippen molar-refractivity contribution in [3.8, 4) is 17.3 Å². The Bertz CT molecular complexity index is 2140. The van der Waals surface area contributed by atoms with E-state index in [0.717, 1.165) is 24.3 Å². The predicted molar refractivity (Wildman–Crippen MR) is 202 cm³/mol. The second-order valence-corrected chi connectivity index (χ2v) is 13.5. The molecule has 20 heteroatoms. The average Bonchev–Trinajstić information content (AvgIpc) is 3.82. The van der Waals surface area contributed by atoms with Crippen molar-refractivity contribution in [2.75, 3.05) is 45.7 Å². The number of aliphatic hydroxyl groups is 1. The molecule has 0 spiro atoms. The van der Waals surface area contributed by atoms with E-state index >= 15 is 4.39 Å². The number of hydrogen-bond donors (Lipinski definition) is 2. The lowest BCUT2D eigenvalue weighted by atomic mass is 9.81. The molecule has 4 aromatic rings. The monoisotopic (exact) mass is 832 g/mol. The number of quaternary nitrogens is 1. The van der Waals surface area contributed by atoms with Crippen LogP contribution in [0, 0.1) is 33.1 Å². The largest absolute Gasteiger partial charge is 1.00 e. The highest BCUT2D eigenvalue weighted by Gasteiger charge is 2.49. The van der Waals surface area contributed by atoms with Gasteiger partial charge in [-0.3, -0.25) is 25.1 Å². The minimum Gasteiger partial charge on any atom is -1.00 e. The SMILES string of the molecule is C[C@@H](c1nc(-c2ccc(C#N)cc2)cs1)[C@](O)(C[N+]1(CCOC(=O)Nc2cc([N+](=O)[O-])ccc2COC(=O)CN(C)C)C=NC=N1)c1cc(F)ccc1F.Cl.[Cl-]. The number of anilines is 1. The molecule has 3 aromatic carbocycles. The van der Waals surface area contributed by atoms with Gasteiger partial charge in [0.2, 0.25) is 6.34 Å². The number of carbonyl (C=O) groups is 2. The Labute approximate surface area is 336 Å². The Kier molecular flexibility index (Phi) is 15.6. The Morgan fingerprint density at radius 2 is 1.88 bits per heavy atom. The van der Waals surface area contributed by atoms with E-state index in [0.29, 0.717) is 21.8 Å². The third kappa shape index (κ3) is 10.9. The summed E-state index contributed by atoms with van der Waals surface area (Å²) in [6, 6.07) is 15.2. The van der Waals surface area contributed by atoms with Crippen molar-refractivity contribution in [1.29, 1.82) is 5.26 Å². The first kappa shape index (κ1) is 45.0. The van der Waals surface area contributed by atoms with Gasteiger partial charge in [0.15, 0.2) is 11.9 Å². The molecule has 0 aliphatic carbocycles. The quantitative estimate of drug-likeness (QED) is 0.0779. The number of aromatic nitrogens is 1. The van der Waals surface area contributed by atoms with E-state index in [1.54, 1.807) is 55.6 Å². The molecule has 0 bridgehead atoms. The highest BCUT2D eigenvalue weighted by molar-refractivity contribution is 7.10. The van der Waals surface area contributed by atoms with E-state index in [1.165, 1.54) is 36.1 Å². The summed E-state index contributed by atoms with van der Waals surface area (Å²) >= 11 is 1.20. The second-order valence-electron chi connectivity index (χ2n) is 12.7. The third-order valence-corrected chi connectivity index (χ3v) is 9.57. The minimum atomic E-state index is -2.15. The number of halogens is 4. The van der Waals surface area contributed by atoms with Crippen molar-refractivity contribution in [1.82, 2.24) is 9.88 Å². The summed E-state index contributed by atoms with van der Waals surface area (Å²) in [4.78, 5) is 46.2. The molecule has 3 atom stereocenters. The standard InChI is InChI=1S/C36H34F2N8O7S.2ClH/c1-23(34-42-32(19-54-34)25-6-4-24(16-39)5-7-25)36(49,29-14-27(37)9-11-30(29)38)20-46(22-40-21-41-46)12-13-52-35(48)43-31-15-28(45(50)51)10-8-26(31)18-53-33(47)17-44(2)3;;/h4-11,14-15,19,21-23,49H,12-13,17-18,20H2,1-3H3;2*1H/t23-,36+,46?;;/m0../s1. The van der Waals surface area contributed by atoms with Gasteiger partial charge in [-0.1, -0.05) is 24.2 Å². The van der Waals surface area contributed by atoms with Crippen LogP contribution in [0.25, 0.3) is 11.3 Å². The van der Waals surface area contributed by atoms with Crippen LogP contribution in [-0.2, 0) is 26.5 Å². The van der Waals surface area contributed by atoms with Gasteiger partial charge < -0.3 is 27.0 Å². The highest BCUT2D eigenvalue weighted by atomic mass is 35.5. The maximum Gasteiger partial charge on any atom is 0.411 e. The summed E-state index contributed by atoms with van der Waals surface area (Å²) in [6.45, 7) is 0.473. The van der Waals surface area contributed by atoms with Gasteiger partial charge in [-0.2, -0.15) is 10.3 Å². The topological polar surface area (TPSA) is 193 Å². The lowest BCUT2D eigenvalue weighted by Gasteiger charge is -2.38. The summed E-state index contributed by atoms with van der Waals surface area (Å²) in [5, 5.41) is 42.1. The maximum absolute atomic E-state index is 15.5. The van der Waals surface area contributed by atoms with Crippen molar-refractivity contribution >= 4 is 59.9 Å². The average molecular weight is 834 g/mol. The minimum absolute atomic E-state index is 0. The fourth-order valence-corrected chi connectivity index (χ4v) is 6.63. The summed E-state index contributed by atoms with van der Waals surface area (Å²) < 4.78 is 40.3. The van der Waals surface area contributed by atoms with Gasteiger partial charge in [-0.25, -0.2) is 18.6 Å². The first-order valence-corrected chi connectivity index (χ1v) is 17.2. The van der Waals surface area contributed by atoms with Crippen molar-refractivity contribution in [2.45, 2.75) is 25.0 Å². The highest BCUT2D eigenvalue weighted by Crippen LogP contribution is 2.42. The van der Waals surface area contributed by atoms with E-state index in [2.05, 4.69) is 21.5 Å². The zero-order valence-corrected chi connectivity index (χ0v) is 32.5. The van der Waals surface area contributed by atoms with Crippen LogP contribution in [0.4, 0.5) is 25.0 Å². The number of likely N-dealkylation sites (N-methyl/N-ethyl adjacent to an activating group) is 1. The number of non-ortho nitro benzene ring substituents is 1. The van der Waals surface area contributed by atoms with E-state index in [1.807, 2.05) is 0 Å². The number of carbonyl (C=O) groups excluding carboxylic acids is 2. The van der Waals surface area contributed by atoms with Gasteiger partial charge in [0.25, 0.3) is 5.69 Å². The van der Waals surface area contributed by atoms with E-state index in [-0.39, 0.29) is 73.6 Å². The molecule has 0 saturated carbocycles. The second kappa shape index (κ2) is 19.4. The van der Waals surface area contributed by atoms with Crippen LogP contribution in [0.15, 0.2) is 76.1 Å². The molecule has 15 nitrogen and oxygen atoms in total. The molecule has 296 valence electrons. The number of thiazole rings is 1. The van der Waals surface area contributed by atoms with Gasteiger partial charge in [0.05, 0.1) is 39.5 Å². The molecule has 1 aliphatic heterocycles. The summed E-state index contributed by atoms with van der Waals surface area (Å²) in [5.74, 6) is -3.15. The normalized spacial score (nSPS) is 15.8. The van der Waals surface area contributed by atoms with Crippen LogP contribution >= 0.6 is 23.7 Å². The van der Waals surface area contributed by atoms with Gasteiger partial charge in [0.1, 0.15) is 37.9 Å². The molecule has 1 aliphatic rings. The number of amides is 1. The van der Waals surface area contributed by atoms with Crippen molar-refractivity contribution in [2.24, 2.45) is 10.1 Å². The van der Waals surface area contributed by atoms with Crippen LogP contribution in [0.5, 0.6) is 0 Å². The number of ether oxygens (including phenoxy) is 2. The van der Waals surface area contributed by atoms with E-state index in [4.69, 9.17) is 19.7 Å². The molecule has 2 heterocycles. The molecule has 0 radical (unpaired) electrons. The number of nitro groups is 1. The number of esters is 1. The molecule has 1 aromatic heterocycles. The van der Waals surface area contributed by atoms with Crippen LogP contribution < -0.4 is 17.7 Å². The van der Waals surface area contributed by atoms with Gasteiger partial charge in [-0.15, -0.1) is 28.3 Å². The van der Waals surface area contributed by atoms with E-state index in [9.17, 15) is 29.2 Å². The summed E-state index contributed by atoms with van der Waals surface area (Å²) in [5.41, 5.74) is -0.851.